The zero-order valence-corrected chi connectivity index (χ0v) is 14.2. The van der Waals surface area contributed by atoms with Crippen LogP contribution < -0.4 is 5.30 Å². The fraction of sp³-hybridized carbons (Fsp3) is 0.250. The Morgan fingerprint density at radius 1 is 1.08 bits per heavy atom. The highest BCUT2D eigenvalue weighted by atomic mass is 31.2. The molecule has 0 aliphatic heterocycles. The normalized spacial score (nSPS) is 11.8. The Morgan fingerprint density at radius 3 is 2.46 bits per heavy atom. The molecule has 2 heterocycles. The molecule has 3 aromatic rings. The number of nitrogens with zero attached hydrogens (tertiary/aromatic N) is 2. The van der Waals surface area contributed by atoms with Gasteiger partial charge in [0.2, 0.25) is 0 Å². The lowest BCUT2D eigenvalue weighted by atomic mass is 10.1. The Kier molecular flexibility index (Phi) is 4.94. The monoisotopic (exact) mass is 348 g/mol. The molecule has 0 N–H and O–H groups in total. The van der Waals surface area contributed by atoms with Crippen molar-refractivity contribution in [2.75, 3.05) is 13.2 Å². The third-order valence-electron chi connectivity index (χ3n) is 3.26. The van der Waals surface area contributed by atoms with Crippen LogP contribution in [0.25, 0.3) is 22.7 Å². The second kappa shape index (κ2) is 7.13. The number of hydrogen-bond acceptors (Lipinski definition) is 7. The van der Waals surface area contributed by atoms with E-state index in [1.165, 1.54) is 6.26 Å². The first-order valence-electron chi connectivity index (χ1n) is 7.54. The van der Waals surface area contributed by atoms with Gasteiger partial charge in [0.05, 0.1) is 13.2 Å². The predicted octanol–water partition coefficient (Wildman–Crippen LogP) is 3.89. The first-order chi connectivity index (χ1) is 11.7. The summed E-state index contributed by atoms with van der Waals surface area (Å²) in [5.74, 6) is 0.331. The molecule has 0 radical (unpaired) electrons. The van der Waals surface area contributed by atoms with Gasteiger partial charge in [0.25, 0.3) is 0 Å². The van der Waals surface area contributed by atoms with Gasteiger partial charge in [0, 0.05) is 11.6 Å². The Balaban J connectivity index is 1.99. The van der Waals surface area contributed by atoms with E-state index >= 15 is 0 Å². The fourth-order valence-corrected chi connectivity index (χ4v) is 3.86. The van der Waals surface area contributed by atoms with E-state index in [-0.39, 0.29) is 24.2 Å². The summed E-state index contributed by atoms with van der Waals surface area (Å²) < 4.78 is 34.0. The van der Waals surface area contributed by atoms with Gasteiger partial charge in [-0.05, 0) is 13.8 Å². The second-order valence-electron chi connectivity index (χ2n) is 4.82. The van der Waals surface area contributed by atoms with Gasteiger partial charge >= 0.3 is 7.60 Å². The molecule has 1 aromatic carbocycles. The Morgan fingerprint density at radius 2 is 1.79 bits per heavy atom. The molecule has 0 aliphatic carbocycles. The summed E-state index contributed by atoms with van der Waals surface area (Å²) in [6, 6.07) is 11.3. The van der Waals surface area contributed by atoms with Crippen molar-refractivity contribution in [2.24, 2.45) is 0 Å². The van der Waals surface area contributed by atoms with E-state index in [4.69, 9.17) is 18.1 Å². The van der Waals surface area contributed by atoms with Crippen LogP contribution >= 0.6 is 7.60 Å². The maximum Gasteiger partial charge on any atom is 0.367 e. The van der Waals surface area contributed by atoms with Gasteiger partial charge in [-0.1, -0.05) is 40.6 Å². The standard InChI is InChI=1S/C16H17N2O5P/c1-3-21-24(19,22-4-2)15-11-20-18-16(15)14-10-13(17-23-14)12-8-6-5-7-9-12/h5-11H,3-4H2,1-2H3. The first kappa shape index (κ1) is 16.6. The summed E-state index contributed by atoms with van der Waals surface area (Å²) in [7, 11) is -3.53. The summed E-state index contributed by atoms with van der Waals surface area (Å²) >= 11 is 0. The summed E-state index contributed by atoms with van der Waals surface area (Å²) in [6.07, 6.45) is 1.26. The molecular weight excluding hydrogens is 331 g/mol. The highest BCUT2D eigenvalue weighted by Crippen LogP contribution is 2.49. The van der Waals surface area contributed by atoms with Crippen molar-refractivity contribution in [3.63, 3.8) is 0 Å². The van der Waals surface area contributed by atoms with E-state index in [0.717, 1.165) is 5.56 Å². The molecule has 0 spiro atoms. The predicted molar refractivity (Wildman–Crippen MR) is 87.9 cm³/mol. The molecule has 0 bridgehead atoms. The van der Waals surface area contributed by atoms with Crippen LogP contribution in [0.15, 0.2) is 51.7 Å². The van der Waals surface area contributed by atoms with Crippen LogP contribution in [0.1, 0.15) is 13.8 Å². The maximum absolute atomic E-state index is 12.9. The van der Waals surface area contributed by atoms with Crippen molar-refractivity contribution in [1.29, 1.82) is 0 Å². The van der Waals surface area contributed by atoms with Crippen LogP contribution in [0.3, 0.4) is 0 Å². The molecule has 0 fully saturated rings. The molecule has 0 amide bonds. The zero-order valence-electron chi connectivity index (χ0n) is 13.3. The van der Waals surface area contributed by atoms with Crippen molar-refractivity contribution < 1.29 is 22.7 Å². The minimum absolute atomic E-state index is 0.224. The van der Waals surface area contributed by atoms with E-state index < -0.39 is 7.60 Å². The SMILES string of the molecule is CCOP(=O)(OCC)c1conc1-c1cc(-c2ccccc2)no1. The lowest BCUT2D eigenvalue weighted by Gasteiger charge is -2.15. The zero-order chi connectivity index (χ0) is 17.0. The van der Waals surface area contributed by atoms with E-state index in [0.29, 0.717) is 11.5 Å². The topological polar surface area (TPSA) is 87.6 Å². The molecule has 0 saturated heterocycles. The molecule has 3 rings (SSSR count). The van der Waals surface area contributed by atoms with Crippen molar-refractivity contribution >= 4 is 12.9 Å². The van der Waals surface area contributed by atoms with Crippen LogP contribution in [-0.2, 0) is 13.6 Å². The molecule has 0 aliphatic rings. The molecule has 126 valence electrons. The highest BCUT2D eigenvalue weighted by Gasteiger charge is 2.34. The van der Waals surface area contributed by atoms with E-state index in [9.17, 15) is 4.57 Å². The van der Waals surface area contributed by atoms with Crippen LogP contribution in [0.5, 0.6) is 0 Å². The molecule has 0 unspecified atom stereocenters. The lowest BCUT2D eigenvalue weighted by Crippen LogP contribution is -2.11. The van der Waals surface area contributed by atoms with Gasteiger partial charge < -0.3 is 18.1 Å². The van der Waals surface area contributed by atoms with Crippen molar-refractivity contribution in [3.05, 3.63) is 42.7 Å². The Bertz CT molecular complexity index is 833. The number of aromatic nitrogens is 2. The molecular formula is C16H17N2O5P. The highest BCUT2D eigenvalue weighted by molar-refractivity contribution is 7.62. The Hall–Kier alpha value is -2.21. The van der Waals surface area contributed by atoms with Crippen molar-refractivity contribution in [2.45, 2.75) is 13.8 Å². The largest absolute Gasteiger partial charge is 0.367 e. The van der Waals surface area contributed by atoms with Gasteiger partial charge in [-0.15, -0.1) is 0 Å². The quantitative estimate of drug-likeness (QED) is 0.599. The van der Waals surface area contributed by atoms with Gasteiger partial charge in [-0.25, -0.2) is 0 Å². The minimum Gasteiger partial charge on any atom is -0.363 e. The smallest absolute Gasteiger partial charge is 0.363 e. The number of hydrogen-bond donors (Lipinski definition) is 0. The van der Waals surface area contributed by atoms with Crippen molar-refractivity contribution in [1.82, 2.24) is 10.3 Å². The average molecular weight is 348 g/mol. The summed E-state index contributed by atoms with van der Waals surface area (Å²) in [4.78, 5) is 0. The molecule has 8 heteroatoms. The lowest BCUT2D eigenvalue weighted by molar-refractivity contribution is 0.230. The third-order valence-corrected chi connectivity index (χ3v) is 5.36. The summed E-state index contributed by atoms with van der Waals surface area (Å²) in [5, 5.41) is 8.14. The molecule has 2 aromatic heterocycles. The van der Waals surface area contributed by atoms with E-state index in [1.807, 2.05) is 30.3 Å². The van der Waals surface area contributed by atoms with Crippen molar-refractivity contribution in [3.8, 4) is 22.7 Å². The maximum atomic E-state index is 12.9. The second-order valence-corrected chi connectivity index (χ2v) is 6.82. The number of rotatable bonds is 7. The minimum atomic E-state index is -3.53. The molecule has 0 atom stereocenters. The Labute approximate surface area is 139 Å². The summed E-state index contributed by atoms with van der Waals surface area (Å²) in [5.41, 5.74) is 1.80. The fourth-order valence-electron chi connectivity index (χ4n) is 2.25. The van der Waals surface area contributed by atoms with Crippen LogP contribution in [0, 0.1) is 0 Å². The molecule has 24 heavy (non-hydrogen) atoms. The average Bonchev–Trinajstić information content (AvgIpc) is 3.25. The van der Waals surface area contributed by atoms with Crippen LogP contribution in [0.2, 0.25) is 0 Å². The third kappa shape index (κ3) is 3.19. The van der Waals surface area contributed by atoms with Gasteiger partial charge in [-0.3, -0.25) is 4.57 Å². The van der Waals surface area contributed by atoms with Gasteiger partial charge in [0.15, 0.2) is 11.5 Å². The van der Waals surface area contributed by atoms with Gasteiger partial charge in [-0.2, -0.15) is 0 Å². The van der Waals surface area contributed by atoms with E-state index in [1.54, 1.807) is 19.9 Å². The summed E-state index contributed by atoms with van der Waals surface area (Å²) in [6.45, 7) is 3.93. The molecule has 7 nitrogen and oxygen atoms in total. The number of benzene rings is 1. The van der Waals surface area contributed by atoms with Crippen LogP contribution in [-0.4, -0.2) is 23.5 Å². The van der Waals surface area contributed by atoms with Crippen LogP contribution in [0.4, 0.5) is 0 Å². The molecule has 0 saturated carbocycles. The van der Waals surface area contributed by atoms with Gasteiger partial charge in [0.1, 0.15) is 17.3 Å². The first-order valence-corrected chi connectivity index (χ1v) is 9.08. The van der Waals surface area contributed by atoms with E-state index in [2.05, 4.69) is 10.3 Å².